The van der Waals surface area contributed by atoms with Crippen LogP contribution in [0.3, 0.4) is 0 Å². The standard InChI is InChI=1S/C12H13N.2C2H6.I3.HI/c1-2-4-11-9(3-1)7-10-8-13-6-5-12(10)11;2*1-2;1-3-2;/h1-4,13H,5-8H2;2*1-2H3;;1H/q;;;-1;/i;1D;;;. The molecular weight excluding hydrogens is 714 g/mol. The molecule has 0 bridgehead atoms. The maximum atomic E-state index is 6.21. The van der Waals surface area contributed by atoms with Crippen molar-refractivity contribution in [3.05, 3.63) is 41.0 Å². The van der Waals surface area contributed by atoms with Gasteiger partial charge in [-0.3, -0.25) is 0 Å². The first kappa shape index (κ1) is 22.8. The van der Waals surface area contributed by atoms with Crippen molar-refractivity contribution in [2.75, 3.05) is 13.1 Å². The van der Waals surface area contributed by atoms with Crippen LogP contribution in [0.25, 0.3) is 5.57 Å². The molecule has 5 heteroatoms. The molecule has 21 heavy (non-hydrogen) atoms. The quantitative estimate of drug-likeness (QED) is 0.403. The van der Waals surface area contributed by atoms with Gasteiger partial charge in [-0.2, -0.15) is 0 Å². The summed E-state index contributed by atoms with van der Waals surface area (Å²) >= 11 is 5.30. The van der Waals surface area contributed by atoms with Crippen LogP contribution in [0, 0.1) is 0 Å². The second-order valence-corrected chi connectivity index (χ2v) is 20.1. The Kier molecular flexibility index (Phi) is 18.2. The van der Waals surface area contributed by atoms with Crippen LogP contribution in [0.4, 0.5) is 0 Å². The third-order valence-electron chi connectivity index (χ3n) is 3.06. The molecule has 1 N–H and O–H groups in total. The van der Waals surface area contributed by atoms with Crippen molar-refractivity contribution in [2.45, 2.75) is 40.5 Å². The van der Waals surface area contributed by atoms with Crippen LogP contribution in [-0.2, 0) is 6.42 Å². The Hall–Kier alpha value is 1.84. The summed E-state index contributed by atoms with van der Waals surface area (Å²) in [5.74, 6) is 0. The maximum absolute atomic E-state index is 6.21. The topological polar surface area (TPSA) is 12.0 Å². The minimum Gasteiger partial charge on any atom is -0.313 e. The van der Waals surface area contributed by atoms with Crippen LogP contribution < -0.4 is 18.6 Å². The fourth-order valence-corrected chi connectivity index (χ4v) is 2.43. The van der Waals surface area contributed by atoms with E-state index in [-0.39, 0.29) is 24.0 Å². The van der Waals surface area contributed by atoms with Gasteiger partial charge in [0.15, 0.2) is 0 Å². The average molecular weight is 741 g/mol. The summed E-state index contributed by atoms with van der Waals surface area (Å²) in [5, 5.41) is 3.43. The zero-order valence-electron chi connectivity index (χ0n) is 13.9. The van der Waals surface area contributed by atoms with Gasteiger partial charge in [0.05, 0.1) is 0 Å². The van der Waals surface area contributed by atoms with Crippen molar-refractivity contribution in [3.63, 3.8) is 0 Å². The summed E-state index contributed by atoms with van der Waals surface area (Å²) in [7, 11) is 0. The first-order valence-electron chi connectivity index (χ1n) is 7.65. The number of halogens is 4. The molecule has 0 aromatic heterocycles. The van der Waals surface area contributed by atoms with Crippen molar-refractivity contribution < 1.29 is 14.6 Å². The summed E-state index contributed by atoms with van der Waals surface area (Å²) < 4.78 is 6.21. The van der Waals surface area contributed by atoms with Gasteiger partial charge in [-0.25, -0.2) is 0 Å². The van der Waals surface area contributed by atoms with Gasteiger partial charge >= 0.3 is 50.5 Å². The molecule has 1 aromatic carbocycles. The normalized spacial score (nSPS) is 14.6. The number of hydrogen-bond donors (Lipinski definition) is 1. The predicted molar refractivity (Wildman–Crippen MR) is 121 cm³/mol. The van der Waals surface area contributed by atoms with E-state index in [0.717, 1.165) is 13.1 Å². The second kappa shape index (κ2) is 16.7. The molecule has 0 amide bonds. The summed E-state index contributed by atoms with van der Waals surface area (Å²) in [5.41, 5.74) is 6.28. The van der Waals surface area contributed by atoms with Gasteiger partial charge in [0.2, 0.25) is 0 Å². The molecule has 2 aliphatic rings. The first-order chi connectivity index (χ1) is 10.3. The molecule has 124 valence electrons. The molecule has 0 unspecified atom stereocenters. The molecule has 1 aromatic rings. The Morgan fingerprint density at radius 1 is 1.19 bits per heavy atom. The van der Waals surface area contributed by atoms with Crippen molar-refractivity contribution in [3.8, 4) is 0 Å². The zero-order chi connectivity index (χ0) is 16.1. The van der Waals surface area contributed by atoms with E-state index < -0.39 is 0 Å². The third-order valence-corrected chi connectivity index (χ3v) is 3.06. The minimum atomic E-state index is 0. The maximum Gasteiger partial charge on any atom is 0.0228 e. The van der Waals surface area contributed by atoms with Crippen molar-refractivity contribution in [1.82, 2.24) is 5.32 Å². The van der Waals surface area contributed by atoms with Crippen LogP contribution in [0.1, 0.15) is 46.6 Å². The monoisotopic (exact) mass is 741 g/mol. The molecule has 3 rings (SSSR count). The van der Waals surface area contributed by atoms with Crippen LogP contribution in [-0.4, -0.2) is 13.1 Å². The summed E-state index contributed by atoms with van der Waals surface area (Å²) in [6.07, 6.45) is 2.39. The Labute approximate surface area is 178 Å². The SMILES string of the molecule is CC.I.I[I-]I.[2H]CC.c1ccc2c(c1)CC1=C2CCNC1. The first-order valence-corrected chi connectivity index (χ1v) is 19.5. The fraction of sp³-hybridized carbons (Fsp3) is 0.500. The molecule has 0 saturated carbocycles. The number of nitrogens with one attached hydrogen (secondary N) is 1. The Bertz CT molecular complexity index is 422. The van der Waals surface area contributed by atoms with E-state index in [1.54, 1.807) is 18.1 Å². The van der Waals surface area contributed by atoms with E-state index >= 15 is 0 Å². The largest absolute Gasteiger partial charge is 0.313 e. The van der Waals surface area contributed by atoms with Gasteiger partial charge in [-0.1, -0.05) is 51.9 Å². The van der Waals surface area contributed by atoms with Gasteiger partial charge < -0.3 is 5.32 Å². The van der Waals surface area contributed by atoms with E-state index in [2.05, 4.69) is 66.8 Å². The molecule has 1 nitrogen and oxygen atoms in total. The molecule has 0 spiro atoms. The van der Waals surface area contributed by atoms with E-state index in [9.17, 15) is 0 Å². The number of fused-ring (bicyclic) bond motifs is 2. The Balaban J connectivity index is 0. The van der Waals surface area contributed by atoms with Crippen molar-refractivity contribution in [1.29, 1.82) is 0 Å². The number of benzene rings is 1. The van der Waals surface area contributed by atoms with Gasteiger partial charge in [-0.15, -0.1) is 24.0 Å². The van der Waals surface area contributed by atoms with Gasteiger partial charge in [0.1, 0.15) is 0 Å². The molecule has 1 aliphatic heterocycles. The van der Waals surface area contributed by atoms with E-state index in [0.29, 0.717) is 20.2 Å². The Morgan fingerprint density at radius 3 is 2.38 bits per heavy atom. The summed E-state index contributed by atoms with van der Waals surface area (Å²) in [4.78, 5) is 0. The van der Waals surface area contributed by atoms with Gasteiger partial charge in [-0.05, 0) is 41.7 Å². The summed E-state index contributed by atoms with van der Waals surface area (Å²) in [6, 6.07) is 8.82. The minimum absolute atomic E-state index is 0. The summed E-state index contributed by atoms with van der Waals surface area (Å²) in [6.45, 7) is 8.54. The van der Waals surface area contributed by atoms with Crippen LogP contribution in [0.2, 0.25) is 0 Å². The zero-order valence-corrected chi connectivity index (χ0v) is 21.7. The second-order valence-electron chi connectivity index (χ2n) is 3.90. The van der Waals surface area contributed by atoms with Crippen LogP contribution in [0.15, 0.2) is 29.8 Å². The smallest absolute Gasteiger partial charge is 0.0228 e. The molecule has 0 saturated heterocycles. The molecule has 0 radical (unpaired) electrons. The molecule has 1 aliphatic carbocycles. The van der Waals surface area contributed by atoms with E-state index in [1.807, 2.05) is 13.8 Å². The predicted octanol–water partition coefficient (Wildman–Crippen LogP) is 3.44. The number of rotatable bonds is 0. The fourth-order valence-electron chi connectivity index (χ4n) is 2.43. The van der Waals surface area contributed by atoms with Crippen molar-refractivity contribution >= 4 is 66.8 Å². The van der Waals surface area contributed by atoms with Gasteiger partial charge in [0.25, 0.3) is 0 Å². The third kappa shape index (κ3) is 8.48. The van der Waals surface area contributed by atoms with Crippen LogP contribution in [0.5, 0.6) is 0 Å². The molecule has 1 heterocycles. The molecular formula is C16H26I4N-. The Morgan fingerprint density at radius 2 is 1.76 bits per heavy atom. The van der Waals surface area contributed by atoms with E-state index in [4.69, 9.17) is 1.37 Å². The molecule has 0 fully saturated rings. The van der Waals surface area contributed by atoms with Crippen LogP contribution >= 0.6 is 61.2 Å². The van der Waals surface area contributed by atoms with Crippen molar-refractivity contribution in [2.24, 2.45) is 0 Å². The van der Waals surface area contributed by atoms with E-state index in [1.165, 1.54) is 24.0 Å². The molecule has 0 atom stereocenters. The number of hydrogen-bond acceptors (Lipinski definition) is 1. The average Bonchev–Trinajstić information content (AvgIpc) is 2.89. The van der Waals surface area contributed by atoms with Gasteiger partial charge in [0, 0.05) is 7.92 Å².